The minimum absolute atomic E-state index is 0.0805. The van der Waals surface area contributed by atoms with E-state index in [9.17, 15) is 9.59 Å². The Morgan fingerprint density at radius 1 is 1.10 bits per heavy atom. The van der Waals surface area contributed by atoms with Crippen molar-refractivity contribution < 1.29 is 9.59 Å². The predicted molar refractivity (Wildman–Crippen MR) is 77.1 cm³/mol. The molecule has 0 saturated heterocycles. The molecule has 1 aromatic carbocycles. The maximum Gasteiger partial charge on any atom is 0.254 e. The van der Waals surface area contributed by atoms with Crippen LogP contribution < -0.4 is 0 Å². The van der Waals surface area contributed by atoms with Crippen molar-refractivity contribution in [1.29, 1.82) is 0 Å². The van der Waals surface area contributed by atoms with Crippen molar-refractivity contribution in [3.63, 3.8) is 0 Å². The Kier molecular flexibility index (Phi) is 3.43. The smallest absolute Gasteiger partial charge is 0.254 e. The summed E-state index contributed by atoms with van der Waals surface area (Å²) < 4.78 is 0. The summed E-state index contributed by atoms with van der Waals surface area (Å²) in [4.78, 5) is 25.3. The molecule has 3 heteroatoms. The number of fused-ring (bicyclic) bond motifs is 1. The normalized spacial score (nSPS) is 24.6. The van der Waals surface area contributed by atoms with Crippen molar-refractivity contribution in [3.05, 3.63) is 47.5 Å². The van der Waals surface area contributed by atoms with Crippen molar-refractivity contribution >= 4 is 11.8 Å². The van der Waals surface area contributed by atoms with Crippen LogP contribution in [0.5, 0.6) is 0 Å². The van der Waals surface area contributed by atoms with Gasteiger partial charge in [0.15, 0.2) is 0 Å². The van der Waals surface area contributed by atoms with Gasteiger partial charge in [0.25, 0.3) is 11.8 Å². The Hall–Kier alpha value is -1.90. The lowest BCUT2D eigenvalue weighted by atomic mass is 9.95. The van der Waals surface area contributed by atoms with E-state index in [0.717, 1.165) is 18.4 Å². The molecule has 1 aliphatic carbocycles. The van der Waals surface area contributed by atoms with E-state index < -0.39 is 0 Å². The zero-order valence-corrected chi connectivity index (χ0v) is 11.7. The Morgan fingerprint density at radius 2 is 1.75 bits per heavy atom. The Morgan fingerprint density at radius 3 is 2.40 bits per heavy atom. The third-order valence-corrected chi connectivity index (χ3v) is 4.36. The van der Waals surface area contributed by atoms with E-state index in [-0.39, 0.29) is 17.9 Å². The summed E-state index contributed by atoms with van der Waals surface area (Å²) in [5.74, 6) is 0.120. The summed E-state index contributed by atoms with van der Waals surface area (Å²) in [6.45, 7) is 2.19. The molecule has 0 fully saturated rings. The van der Waals surface area contributed by atoms with Gasteiger partial charge in [0.05, 0.1) is 6.04 Å². The van der Waals surface area contributed by atoms with Gasteiger partial charge in [-0.1, -0.05) is 44.0 Å². The molecule has 1 aromatic rings. The van der Waals surface area contributed by atoms with Crippen molar-refractivity contribution in [2.75, 3.05) is 0 Å². The molecule has 3 rings (SSSR count). The minimum atomic E-state index is -0.175. The van der Waals surface area contributed by atoms with Gasteiger partial charge in [-0.2, -0.15) is 0 Å². The average Bonchev–Trinajstić information content (AvgIpc) is 2.98. The highest BCUT2D eigenvalue weighted by Gasteiger charge is 2.39. The van der Waals surface area contributed by atoms with Gasteiger partial charge in [0.1, 0.15) is 0 Å². The number of carbonyl (C=O) groups is 2. The van der Waals surface area contributed by atoms with Gasteiger partial charge in [0, 0.05) is 12.2 Å². The van der Waals surface area contributed by atoms with Gasteiger partial charge >= 0.3 is 0 Å². The molecule has 2 aliphatic rings. The average molecular weight is 269 g/mol. The molecule has 1 aliphatic heterocycles. The molecule has 1 heterocycles. The van der Waals surface area contributed by atoms with Crippen LogP contribution in [-0.4, -0.2) is 16.7 Å². The molecule has 0 N–H and O–H groups in total. The molecule has 0 unspecified atom stereocenters. The fourth-order valence-corrected chi connectivity index (χ4v) is 3.40. The maximum atomic E-state index is 11.9. The van der Waals surface area contributed by atoms with Crippen LogP contribution in [0, 0.1) is 0 Å². The molecule has 0 saturated carbocycles. The quantitative estimate of drug-likeness (QED) is 0.786. The monoisotopic (exact) mass is 269 g/mol. The molecule has 3 nitrogen and oxygen atoms in total. The Labute approximate surface area is 119 Å². The molecule has 2 amide bonds. The lowest BCUT2D eigenvalue weighted by Gasteiger charge is -2.23. The number of rotatable bonds is 4. The number of carbonyl (C=O) groups excluding carboxylic acids is 2. The number of nitrogens with zero attached hydrogens (tertiary/aromatic N) is 1. The Balaban J connectivity index is 1.91. The van der Waals surface area contributed by atoms with Crippen LogP contribution in [-0.2, 0) is 9.59 Å². The maximum absolute atomic E-state index is 11.9. The van der Waals surface area contributed by atoms with Crippen LogP contribution in [0.25, 0.3) is 0 Å². The number of hydrogen-bond acceptors (Lipinski definition) is 2. The number of benzene rings is 1. The molecule has 104 valence electrons. The lowest BCUT2D eigenvalue weighted by molar-refractivity contribution is -0.139. The van der Waals surface area contributed by atoms with Gasteiger partial charge in [0.2, 0.25) is 0 Å². The van der Waals surface area contributed by atoms with Gasteiger partial charge in [-0.15, -0.1) is 0 Å². The van der Waals surface area contributed by atoms with Crippen molar-refractivity contribution in [1.82, 2.24) is 4.90 Å². The van der Waals surface area contributed by atoms with E-state index >= 15 is 0 Å². The van der Waals surface area contributed by atoms with Crippen LogP contribution in [0.2, 0.25) is 0 Å². The SMILES string of the molecule is CCCC[C@H]1C[C@H](N2C(=O)C=CC2=O)c2ccccc21. The van der Waals surface area contributed by atoms with Crippen LogP contribution in [0.3, 0.4) is 0 Å². The summed E-state index contributed by atoms with van der Waals surface area (Å²) in [7, 11) is 0. The summed E-state index contributed by atoms with van der Waals surface area (Å²) in [5, 5.41) is 0. The largest absolute Gasteiger partial charge is 0.269 e. The second-order valence-electron chi connectivity index (χ2n) is 5.60. The first-order valence-corrected chi connectivity index (χ1v) is 7.36. The van der Waals surface area contributed by atoms with Crippen molar-refractivity contribution in [2.24, 2.45) is 0 Å². The second-order valence-corrected chi connectivity index (χ2v) is 5.60. The molecule has 20 heavy (non-hydrogen) atoms. The van der Waals surface area contributed by atoms with Crippen LogP contribution in [0.15, 0.2) is 36.4 Å². The number of hydrogen-bond donors (Lipinski definition) is 0. The van der Waals surface area contributed by atoms with E-state index in [0.29, 0.717) is 5.92 Å². The van der Waals surface area contributed by atoms with Crippen LogP contribution >= 0.6 is 0 Å². The first-order valence-electron chi connectivity index (χ1n) is 7.36. The summed E-state index contributed by atoms with van der Waals surface area (Å²) in [6, 6.07) is 8.17. The van der Waals surface area contributed by atoms with E-state index in [1.807, 2.05) is 12.1 Å². The predicted octanol–water partition coefficient (Wildman–Crippen LogP) is 3.33. The lowest BCUT2D eigenvalue weighted by Crippen LogP contribution is -2.33. The molecule has 0 spiro atoms. The fraction of sp³-hybridized carbons (Fsp3) is 0.412. The first-order chi connectivity index (χ1) is 9.72. The number of amides is 2. The van der Waals surface area contributed by atoms with E-state index in [1.54, 1.807) is 0 Å². The van der Waals surface area contributed by atoms with Crippen molar-refractivity contribution in [2.45, 2.75) is 44.6 Å². The third kappa shape index (κ3) is 2.07. The molecule has 0 bridgehead atoms. The van der Waals surface area contributed by atoms with Crippen molar-refractivity contribution in [3.8, 4) is 0 Å². The molecular formula is C17H19NO2. The summed E-state index contributed by atoms with van der Waals surface area (Å²) in [5.41, 5.74) is 2.47. The van der Waals surface area contributed by atoms with E-state index in [2.05, 4.69) is 19.1 Å². The van der Waals surface area contributed by atoms with E-state index in [1.165, 1.54) is 35.5 Å². The minimum Gasteiger partial charge on any atom is -0.269 e. The highest BCUT2D eigenvalue weighted by atomic mass is 16.2. The molecule has 0 aromatic heterocycles. The third-order valence-electron chi connectivity index (χ3n) is 4.36. The van der Waals surface area contributed by atoms with Crippen LogP contribution in [0.4, 0.5) is 0 Å². The molecule has 2 atom stereocenters. The van der Waals surface area contributed by atoms with Gasteiger partial charge < -0.3 is 0 Å². The first kappa shape index (κ1) is 13.1. The fourth-order valence-electron chi connectivity index (χ4n) is 3.40. The molecule has 0 radical (unpaired) electrons. The summed E-state index contributed by atoms with van der Waals surface area (Å²) in [6.07, 6.45) is 7.12. The number of imide groups is 1. The topological polar surface area (TPSA) is 37.4 Å². The number of unbranched alkanes of at least 4 members (excludes halogenated alkanes) is 1. The van der Waals surface area contributed by atoms with Gasteiger partial charge in [-0.05, 0) is 29.9 Å². The highest BCUT2D eigenvalue weighted by Crippen LogP contribution is 2.46. The standard InChI is InChI=1S/C17H19NO2/c1-2-3-6-12-11-15(14-8-5-4-7-13(12)14)18-16(19)9-10-17(18)20/h4-5,7-10,12,15H,2-3,6,11H2,1H3/t12-,15-/m0/s1. The Bertz CT molecular complexity index is 558. The van der Waals surface area contributed by atoms with Crippen LogP contribution in [0.1, 0.15) is 55.7 Å². The highest BCUT2D eigenvalue weighted by molar-refractivity contribution is 6.13. The zero-order valence-electron chi connectivity index (χ0n) is 11.7. The summed E-state index contributed by atoms with van der Waals surface area (Å²) >= 11 is 0. The van der Waals surface area contributed by atoms with Gasteiger partial charge in [-0.3, -0.25) is 14.5 Å². The van der Waals surface area contributed by atoms with E-state index in [4.69, 9.17) is 0 Å². The zero-order chi connectivity index (χ0) is 14.1. The second kappa shape index (κ2) is 5.23. The van der Waals surface area contributed by atoms with Gasteiger partial charge in [-0.25, -0.2) is 0 Å². The molecular weight excluding hydrogens is 250 g/mol.